The van der Waals surface area contributed by atoms with Gasteiger partial charge < -0.3 is 10.2 Å². The molecule has 3 aliphatic rings. The zero-order valence-electron chi connectivity index (χ0n) is 14.7. The van der Waals surface area contributed by atoms with Crippen molar-refractivity contribution in [3.8, 4) is 0 Å². The predicted molar refractivity (Wildman–Crippen MR) is 90.5 cm³/mol. The number of hydrogen-bond donors (Lipinski definition) is 2. The fourth-order valence-corrected chi connectivity index (χ4v) is 5.50. The molecule has 0 saturated heterocycles. The maximum atomic E-state index is 11.6. The summed E-state index contributed by atoms with van der Waals surface area (Å²) >= 11 is 0. The van der Waals surface area contributed by atoms with E-state index < -0.39 is 11.2 Å². The molecule has 0 spiro atoms. The lowest BCUT2D eigenvalue weighted by molar-refractivity contribution is -0.0841. The van der Waals surface area contributed by atoms with Gasteiger partial charge in [-0.3, -0.25) is 0 Å². The maximum absolute atomic E-state index is 11.6. The fraction of sp³-hybridized carbons (Fsp3) is 0.800. The topological polar surface area (TPSA) is 40.5 Å². The summed E-state index contributed by atoms with van der Waals surface area (Å²) in [5.74, 6) is 0.214. The lowest BCUT2D eigenvalue weighted by Gasteiger charge is -2.51. The molecular weight excluding hydrogens is 272 g/mol. The molecule has 0 aromatic rings. The van der Waals surface area contributed by atoms with Crippen molar-refractivity contribution in [2.75, 3.05) is 0 Å². The van der Waals surface area contributed by atoms with Gasteiger partial charge in [-0.1, -0.05) is 40.3 Å². The third-order valence-electron chi connectivity index (χ3n) is 7.32. The van der Waals surface area contributed by atoms with Gasteiger partial charge in [-0.15, -0.1) is 0 Å². The van der Waals surface area contributed by atoms with Gasteiger partial charge in [0.1, 0.15) is 0 Å². The van der Waals surface area contributed by atoms with Crippen LogP contribution in [-0.2, 0) is 0 Å². The Bertz CT molecular complexity index is 534. The van der Waals surface area contributed by atoms with Gasteiger partial charge >= 0.3 is 0 Å². The maximum Gasteiger partial charge on any atom is 0.0918 e. The highest BCUT2D eigenvalue weighted by Crippen LogP contribution is 2.63. The van der Waals surface area contributed by atoms with Gasteiger partial charge in [-0.25, -0.2) is 0 Å². The molecule has 0 aromatic heterocycles. The Balaban J connectivity index is 2.09. The third-order valence-corrected chi connectivity index (χ3v) is 7.32. The van der Waals surface area contributed by atoms with E-state index in [0.29, 0.717) is 0 Å². The molecule has 0 aliphatic heterocycles. The van der Waals surface area contributed by atoms with E-state index in [1.54, 1.807) is 0 Å². The van der Waals surface area contributed by atoms with E-state index in [-0.39, 0.29) is 16.7 Å². The van der Waals surface area contributed by atoms with Gasteiger partial charge in [0.15, 0.2) is 0 Å². The highest BCUT2D eigenvalue weighted by atomic mass is 16.3. The first kappa shape index (κ1) is 16.3. The second-order valence-electron chi connectivity index (χ2n) is 9.02. The van der Waals surface area contributed by atoms with Crippen LogP contribution in [0.4, 0.5) is 0 Å². The first-order valence-electron chi connectivity index (χ1n) is 8.92. The molecular formula is C20H32O2. The number of rotatable bonds is 1. The Hall–Kier alpha value is -0.600. The molecule has 0 amide bonds. The Morgan fingerprint density at radius 2 is 1.82 bits per heavy atom. The normalized spacial score (nSPS) is 48.7. The summed E-state index contributed by atoms with van der Waals surface area (Å²) in [5.41, 5.74) is 0.465. The van der Waals surface area contributed by atoms with E-state index in [0.717, 1.165) is 50.5 Å². The molecule has 3 aliphatic carbocycles. The van der Waals surface area contributed by atoms with Crippen LogP contribution in [0, 0.1) is 16.7 Å². The highest BCUT2D eigenvalue weighted by molar-refractivity contribution is 5.37. The summed E-state index contributed by atoms with van der Waals surface area (Å²) in [4.78, 5) is 0. The molecule has 0 unspecified atom stereocenters. The first-order valence-corrected chi connectivity index (χ1v) is 8.92. The summed E-state index contributed by atoms with van der Waals surface area (Å²) in [5, 5.41) is 22.9. The van der Waals surface area contributed by atoms with Crippen molar-refractivity contribution in [3.05, 3.63) is 23.8 Å². The van der Waals surface area contributed by atoms with Gasteiger partial charge in [-0.2, -0.15) is 0 Å². The smallest absolute Gasteiger partial charge is 0.0918 e. The number of hydrogen-bond acceptors (Lipinski definition) is 2. The van der Waals surface area contributed by atoms with Crippen LogP contribution in [0.3, 0.4) is 0 Å². The molecule has 0 radical (unpaired) electrons. The van der Waals surface area contributed by atoms with Crippen molar-refractivity contribution in [2.24, 2.45) is 16.7 Å². The van der Waals surface area contributed by atoms with E-state index in [4.69, 9.17) is 0 Å². The number of allylic oxidation sites excluding steroid dienone is 1. The molecule has 2 fully saturated rings. The van der Waals surface area contributed by atoms with Gasteiger partial charge in [0.25, 0.3) is 0 Å². The van der Waals surface area contributed by atoms with Crippen LogP contribution in [0.5, 0.6) is 0 Å². The summed E-state index contributed by atoms with van der Waals surface area (Å²) in [6.45, 7) is 12.9. The monoisotopic (exact) mass is 304 g/mol. The van der Waals surface area contributed by atoms with Crippen molar-refractivity contribution in [1.29, 1.82) is 0 Å². The van der Waals surface area contributed by atoms with Crippen molar-refractivity contribution in [1.82, 2.24) is 0 Å². The van der Waals surface area contributed by atoms with Crippen LogP contribution in [0.2, 0.25) is 0 Å². The average molecular weight is 304 g/mol. The summed E-state index contributed by atoms with van der Waals surface area (Å²) in [6, 6.07) is 0. The number of aliphatic hydroxyl groups is 2. The van der Waals surface area contributed by atoms with E-state index >= 15 is 0 Å². The van der Waals surface area contributed by atoms with Gasteiger partial charge in [0.2, 0.25) is 0 Å². The second kappa shape index (κ2) is 4.70. The molecule has 2 saturated carbocycles. The van der Waals surface area contributed by atoms with Crippen LogP contribution in [0.15, 0.2) is 23.8 Å². The fourth-order valence-electron chi connectivity index (χ4n) is 5.50. The predicted octanol–water partition coefficient (Wildman–Crippen LogP) is 4.37. The summed E-state index contributed by atoms with van der Waals surface area (Å²) in [7, 11) is 0. The van der Waals surface area contributed by atoms with Gasteiger partial charge in [0, 0.05) is 5.41 Å². The van der Waals surface area contributed by atoms with E-state index in [9.17, 15) is 10.2 Å². The highest BCUT2D eigenvalue weighted by Gasteiger charge is 2.60. The quantitative estimate of drug-likeness (QED) is 0.706. The molecule has 124 valence electrons. The minimum Gasteiger partial charge on any atom is -0.385 e. The Morgan fingerprint density at radius 1 is 1.14 bits per heavy atom. The van der Waals surface area contributed by atoms with Gasteiger partial charge in [0.05, 0.1) is 11.2 Å². The van der Waals surface area contributed by atoms with E-state index in [1.165, 1.54) is 5.57 Å². The number of fused-ring (bicyclic) bond motifs is 2. The van der Waals surface area contributed by atoms with Crippen LogP contribution in [0.1, 0.15) is 72.6 Å². The largest absolute Gasteiger partial charge is 0.385 e. The van der Waals surface area contributed by atoms with Gasteiger partial charge in [-0.05, 0) is 67.4 Å². The van der Waals surface area contributed by atoms with E-state index in [2.05, 4.69) is 40.3 Å². The molecule has 2 heteroatoms. The Kier molecular flexibility index (Phi) is 3.48. The Labute approximate surface area is 135 Å². The molecule has 3 rings (SSSR count). The summed E-state index contributed by atoms with van der Waals surface area (Å²) in [6.07, 6.45) is 8.72. The summed E-state index contributed by atoms with van der Waals surface area (Å²) < 4.78 is 0. The molecule has 22 heavy (non-hydrogen) atoms. The van der Waals surface area contributed by atoms with Crippen molar-refractivity contribution in [2.45, 2.75) is 83.8 Å². The minimum atomic E-state index is -0.791. The van der Waals surface area contributed by atoms with Crippen LogP contribution in [0.25, 0.3) is 0 Å². The standard InChI is InChI=1S/C20H32O2/c1-14(2)19(21)12-11-17(4)13-20(22)15(3)7-6-9-18(20,5)10-8-16(17)19/h8,14,21-22H,3,6-7,9-13H2,1-2,4-5H3/t17-,18+,19+,20+/m1/s1. The Morgan fingerprint density at radius 3 is 2.45 bits per heavy atom. The lowest BCUT2D eigenvalue weighted by atomic mass is 9.57. The molecule has 2 nitrogen and oxygen atoms in total. The zero-order valence-corrected chi connectivity index (χ0v) is 14.7. The molecule has 2 N–H and O–H groups in total. The molecule has 4 atom stereocenters. The second-order valence-corrected chi connectivity index (χ2v) is 9.02. The van der Waals surface area contributed by atoms with E-state index in [1.807, 2.05) is 0 Å². The van der Waals surface area contributed by atoms with Crippen molar-refractivity contribution >= 4 is 0 Å². The van der Waals surface area contributed by atoms with Crippen LogP contribution >= 0.6 is 0 Å². The molecule has 0 aromatic carbocycles. The minimum absolute atomic E-state index is 0.105. The molecule has 0 bridgehead atoms. The van der Waals surface area contributed by atoms with Crippen molar-refractivity contribution < 1.29 is 10.2 Å². The van der Waals surface area contributed by atoms with Crippen LogP contribution in [-0.4, -0.2) is 21.4 Å². The lowest BCUT2D eigenvalue weighted by Crippen LogP contribution is -2.51. The van der Waals surface area contributed by atoms with Crippen LogP contribution < -0.4 is 0 Å². The first-order chi connectivity index (χ1) is 10.1. The third kappa shape index (κ3) is 1.93. The average Bonchev–Trinajstić information content (AvgIpc) is 2.62. The zero-order chi connectivity index (χ0) is 16.4. The molecule has 0 heterocycles. The van der Waals surface area contributed by atoms with Crippen molar-refractivity contribution in [3.63, 3.8) is 0 Å². The SMILES string of the molecule is C=C1CCC[C@@]2(C)CC=C3[C@](C)(CC[C@]3(O)C(C)C)C[C@]12O.